The number of rotatable bonds is 6. The minimum Gasteiger partial charge on any atom is -0.377 e. The first kappa shape index (κ1) is 11.3. The van der Waals surface area contributed by atoms with Crippen LogP contribution in [0.15, 0.2) is 0 Å². The largest absolute Gasteiger partial charge is 0.377 e. The van der Waals surface area contributed by atoms with Gasteiger partial charge in [-0.2, -0.15) is 0 Å². The van der Waals surface area contributed by atoms with Crippen LogP contribution in [0.25, 0.3) is 0 Å². The monoisotopic (exact) mass is 205 g/mol. The highest BCUT2D eigenvalue weighted by Crippen LogP contribution is 2.12. The van der Waals surface area contributed by atoms with Gasteiger partial charge in [0.15, 0.2) is 0 Å². The van der Waals surface area contributed by atoms with Gasteiger partial charge in [-0.25, -0.2) is 0 Å². The van der Waals surface area contributed by atoms with Gasteiger partial charge in [0.1, 0.15) is 0 Å². The van der Waals surface area contributed by atoms with Crippen molar-refractivity contribution in [2.24, 2.45) is 0 Å². The molecule has 1 aliphatic heterocycles. The highest BCUT2D eigenvalue weighted by Gasteiger charge is 2.16. The average molecular weight is 206 g/mol. The minimum atomic E-state index is 0.487. The van der Waals surface area contributed by atoms with E-state index in [2.05, 4.69) is 11.9 Å². The molecule has 0 amide bonds. The summed E-state index contributed by atoms with van der Waals surface area (Å²) in [4.78, 5) is 2.35. The highest BCUT2D eigenvalue weighted by atomic mass is 35.5. The Labute approximate surface area is 86.2 Å². The van der Waals surface area contributed by atoms with Crippen LogP contribution in [-0.2, 0) is 4.74 Å². The molecule has 0 aromatic carbocycles. The molecule has 1 aliphatic rings. The van der Waals surface area contributed by atoms with Gasteiger partial charge in [0.25, 0.3) is 0 Å². The van der Waals surface area contributed by atoms with Crippen LogP contribution in [0.1, 0.15) is 25.7 Å². The van der Waals surface area contributed by atoms with Crippen molar-refractivity contribution in [2.75, 3.05) is 32.6 Å². The summed E-state index contributed by atoms with van der Waals surface area (Å²) in [6.07, 6.45) is 5.28. The van der Waals surface area contributed by atoms with Crippen molar-refractivity contribution in [1.29, 1.82) is 0 Å². The van der Waals surface area contributed by atoms with Crippen molar-refractivity contribution in [1.82, 2.24) is 4.90 Å². The first-order valence-corrected chi connectivity index (χ1v) is 5.72. The van der Waals surface area contributed by atoms with Crippen LogP contribution in [0.2, 0.25) is 0 Å². The number of alkyl halides is 1. The van der Waals surface area contributed by atoms with Crippen LogP contribution in [-0.4, -0.2) is 43.6 Å². The molecule has 0 saturated carbocycles. The van der Waals surface area contributed by atoms with Crippen molar-refractivity contribution in [3.05, 3.63) is 0 Å². The summed E-state index contributed by atoms with van der Waals surface area (Å²) < 4.78 is 5.56. The summed E-state index contributed by atoms with van der Waals surface area (Å²) in [6, 6.07) is 0. The van der Waals surface area contributed by atoms with Crippen molar-refractivity contribution in [3.63, 3.8) is 0 Å². The molecule has 0 aromatic heterocycles. The first-order valence-electron chi connectivity index (χ1n) is 5.19. The fraction of sp³-hybridized carbons (Fsp3) is 1.00. The number of ether oxygens (including phenoxy) is 1. The molecule has 0 aliphatic carbocycles. The Morgan fingerprint density at radius 2 is 2.31 bits per heavy atom. The van der Waals surface area contributed by atoms with Gasteiger partial charge in [0.05, 0.1) is 6.10 Å². The van der Waals surface area contributed by atoms with E-state index in [-0.39, 0.29) is 0 Å². The molecule has 1 unspecified atom stereocenters. The Hall–Kier alpha value is 0.210. The lowest BCUT2D eigenvalue weighted by atomic mass is 10.2. The van der Waals surface area contributed by atoms with Gasteiger partial charge in [-0.15, -0.1) is 11.6 Å². The second-order valence-corrected chi connectivity index (χ2v) is 4.17. The number of halogens is 1. The topological polar surface area (TPSA) is 12.5 Å². The molecule has 0 aromatic rings. The van der Waals surface area contributed by atoms with Crippen molar-refractivity contribution in [2.45, 2.75) is 31.8 Å². The van der Waals surface area contributed by atoms with Crippen LogP contribution < -0.4 is 0 Å². The molecule has 0 spiro atoms. The maximum absolute atomic E-state index is 5.61. The molecule has 3 heteroatoms. The molecule has 1 heterocycles. The second-order valence-electron chi connectivity index (χ2n) is 3.79. The number of hydrogen-bond acceptors (Lipinski definition) is 2. The smallest absolute Gasteiger partial charge is 0.0702 e. The van der Waals surface area contributed by atoms with E-state index in [1.54, 1.807) is 0 Å². The van der Waals surface area contributed by atoms with E-state index >= 15 is 0 Å². The molecule has 13 heavy (non-hydrogen) atoms. The van der Waals surface area contributed by atoms with Gasteiger partial charge in [-0.1, -0.05) is 0 Å². The van der Waals surface area contributed by atoms with E-state index in [9.17, 15) is 0 Å². The molecule has 2 nitrogen and oxygen atoms in total. The fourth-order valence-corrected chi connectivity index (χ4v) is 1.89. The molecule has 1 rings (SSSR count). The van der Waals surface area contributed by atoms with Gasteiger partial charge in [0, 0.05) is 19.0 Å². The van der Waals surface area contributed by atoms with Crippen LogP contribution >= 0.6 is 11.6 Å². The van der Waals surface area contributed by atoms with Crippen LogP contribution in [0, 0.1) is 0 Å². The van der Waals surface area contributed by atoms with Crippen LogP contribution in [0.4, 0.5) is 0 Å². The third kappa shape index (κ3) is 4.84. The lowest BCUT2D eigenvalue weighted by Crippen LogP contribution is -2.29. The van der Waals surface area contributed by atoms with Crippen LogP contribution in [0.3, 0.4) is 0 Å². The van der Waals surface area contributed by atoms with Crippen molar-refractivity contribution < 1.29 is 4.74 Å². The van der Waals surface area contributed by atoms with E-state index in [4.69, 9.17) is 16.3 Å². The maximum Gasteiger partial charge on any atom is 0.0702 e. The summed E-state index contributed by atoms with van der Waals surface area (Å²) in [5.74, 6) is 0.785. The molecule has 1 atom stereocenters. The zero-order valence-electron chi connectivity index (χ0n) is 8.47. The lowest BCUT2D eigenvalue weighted by molar-refractivity contribution is 0.0809. The van der Waals surface area contributed by atoms with E-state index < -0.39 is 0 Å². The fourth-order valence-electron chi connectivity index (χ4n) is 1.70. The lowest BCUT2D eigenvalue weighted by Gasteiger charge is -2.19. The van der Waals surface area contributed by atoms with Gasteiger partial charge < -0.3 is 9.64 Å². The molecule has 0 bridgehead atoms. The summed E-state index contributed by atoms with van der Waals surface area (Å²) >= 11 is 5.61. The Kier molecular flexibility index (Phi) is 5.76. The molecule has 0 N–H and O–H groups in total. The maximum atomic E-state index is 5.61. The van der Waals surface area contributed by atoms with Crippen LogP contribution in [0.5, 0.6) is 0 Å². The third-order valence-corrected chi connectivity index (χ3v) is 2.73. The quantitative estimate of drug-likeness (QED) is 0.487. The summed E-state index contributed by atoms with van der Waals surface area (Å²) in [7, 11) is 2.16. The van der Waals surface area contributed by atoms with E-state index in [1.807, 2.05) is 0 Å². The van der Waals surface area contributed by atoms with Gasteiger partial charge in [-0.05, 0) is 39.3 Å². The number of unbranched alkanes of at least 4 members (excludes halogenated alkanes) is 1. The Balaban J connectivity index is 1.99. The molecule has 78 valence electrons. The second kappa shape index (κ2) is 6.63. The highest BCUT2D eigenvalue weighted by molar-refractivity contribution is 6.17. The zero-order chi connectivity index (χ0) is 9.52. The molecular formula is C10H20ClNO. The Morgan fingerprint density at radius 3 is 2.92 bits per heavy atom. The predicted octanol–water partition coefficient (Wildman–Crippen LogP) is 2.12. The molecular weight excluding hydrogens is 186 g/mol. The van der Waals surface area contributed by atoms with E-state index in [0.717, 1.165) is 32.0 Å². The summed E-state index contributed by atoms with van der Waals surface area (Å²) in [6.45, 7) is 3.19. The van der Waals surface area contributed by atoms with Gasteiger partial charge in [0.2, 0.25) is 0 Å². The Morgan fingerprint density at radius 1 is 1.46 bits per heavy atom. The normalized spacial score (nSPS) is 22.8. The first-order chi connectivity index (χ1) is 6.33. The zero-order valence-corrected chi connectivity index (χ0v) is 9.22. The minimum absolute atomic E-state index is 0.487. The predicted molar refractivity (Wildman–Crippen MR) is 56.4 cm³/mol. The van der Waals surface area contributed by atoms with E-state index in [0.29, 0.717) is 6.10 Å². The van der Waals surface area contributed by atoms with Gasteiger partial charge >= 0.3 is 0 Å². The standard InChI is InChI=1S/C10H20ClNO/c1-12(7-3-2-6-11)9-10-5-4-8-13-10/h10H,2-9H2,1H3. The van der Waals surface area contributed by atoms with Crippen molar-refractivity contribution >= 4 is 11.6 Å². The SMILES string of the molecule is CN(CCCCCl)CC1CCCO1. The number of nitrogens with zero attached hydrogens (tertiary/aromatic N) is 1. The Bertz CT molecular complexity index is 126. The third-order valence-electron chi connectivity index (χ3n) is 2.46. The number of likely N-dealkylation sites (N-methyl/N-ethyl adjacent to an activating group) is 1. The molecule has 1 fully saturated rings. The molecule has 0 radical (unpaired) electrons. The summed E-state index contributed by atoms with van der Waals surface area (Å²) in [5.41, 5.74) is 0. The summed E-state index contributed by atoms with van der Waals surface area (Å²) in [5, 5.41) is 0. The van der Waals surface area contributed by atoms with Crippen molar-refractivity contribution in [3.8, 4) is 0 Å². The molecule has 1 saturated heterocycles. The average Bonchev–Trinajstić information content (AvgIpc) is 2.57. The van der Waals surface area contributed by atoms with E-state index in [1.165, 1.54) is 19.3 Å². The van der Waals surface area contributed by atoms with Gasteiger partial charge in [-0.3, -0.25) is 0 Å². The number of hydrogen-bond donors (Lipinski definition) is 0.